The van der Waals surface area contributed by atoms with Crippen molar-refractivity contribution < 1.29 is 0 Å². The minimum absolute atomic E-state index is 0.0975. The Balaban J connectivity index is 1.27. The van der Waals surface area contributed by atoms with Crippen LogP contribution in [0.3, 0.4) is 0 Å². The molecular weight excluding hydrogens is 585 g/mol. The van der Waals surface area contributed by atoms with Crippen LogP contribution in [0.1, 0.15) is 47.2 Å². The van der Waals surface area contributed by atoms with Gasteiger partial charge in [0.2, 0.25) is 0 Å². The van der Waals surface area contributed by atoms with Crippen molar-refractivity contribution in [2.75, 3.05) is 0 Å². The van der Waals surface area contributed by atoms with E-state index in [1.165, 1.54) is 38.5 Å². The summed E-state index contributed by atoms with van der Waals surface area (Å²) in [5.41, 5.74) is 12.7. The molecular formula is C44H32N4. The molecule has 0 aliphatic heterocycles. The molecule has 0 unspecified atom stereocenters. The van der Waals surface area contributed by atoms with Crippen molar-refractivity contribution in [3.63, 3.8) is 0 Å². The molecule has 0 bridgehead atoms. The zero-order valence-electron chi connectivity index (χ0n) is 26.8. The topological polar surface area (TPSA) is 64.9 Å². The number of aromatic nitrogens is 1. The van der Waals surface area contributed by atoms with Gasteiger partial charge >= 0.3 is 0 Å². The molecule has 7 aromatic rings. The molecule has 8 rings (SSSR count). The van der Waals surface area contributed by atoms with E-state index in [0.29, 0.717) is 22.5 Å². The molecule has 1 aromatic heterocycles. The Bertz CT molecular complexity index is 2500. The van der Waals surface area contributed by atoms with E-state index in [9.17, 15) is 5.26 Å². The third kappa shape index (κ3) is 4.76. The van der Waals surface area contributed by atoms with E-state index in [1.807, 2.05) is 42.6 Å². The highest BCUT2D eigenvalue weighted by Gasteiger charge is 2.37. The number of hydrogen-bond acceptors (Lipinski definition) is 3. The van der Waals surface area contributed by atoms with Crippen LogP contribution in [0.5, 0.6) is 0 Å². The average Bonchev–Trinajstić information content (AvgIpc) is 3.59. The SMILES string of the molecule is CC1(C)c2ccccc2-c2c1ccc1c3ccccc3n(-c3cccc(/C=N/C(=C\C(=N)c4cccc(C#N)c4)c4ccccc4)c3)c21. The Morgan fingerprint density at radius 2 is 1.48 bits per heavy atom. The summed E-state index contributed by atoms with van der Waals surface area (Å²) in [6, 6.07) is 49.8. The molecule has 1 N–H and O–H groups in total. The molecule has 0 saturated carbocycles. The number of nitrogens with one attached hydrogen (secondary N) is 1. The van der Waals surface area contributed by atoms with E-state index in [-0.39, 0.29) is 5.41 Å². The maximum Gasteiger partial charge on any atom is 0.0991 e. The summed E-state index contributed by atoms with van der Waals surface area (Å²) in [6.45, 7) is 4.65. The lowest BCUT2D eigenvalue weighted by atomic mass is 9.82. The Morgan fingerprint density at radius 1 is 0.729 bits per heavy atom. The van der Waals surface area contributed by atoms with Crippen LogP contribution < -0.4 is 0 Å². The highest BCUT2D eigenvalue weighted by Crippen LogP contribution is 2.52. The first-order valence-corrected chi connectivity index (χ1v) is 16.1. The fourth-order valence-electron chi connectivity index (χ4n) is 7.18. The maximum atomic E-state index is 9.37. The van der Waals surface area contributed by atoms with E-state index < -0.39 is 0 Å². The second kappa shape index (κ2) is 11.5. The Hall–Kier alpha value is -6.31. The number of nitrogens with zero attached hydrogens (tertiary/aromatic N) is 3. The standard InChI is InChI=1S/C44H32N4/c1-44(2)37-20-8-6-19-36(37)42-38(44)23-22-35-34-18-7-9-21-41(34)48(43(35)42)33-17-11-13-30(25-33)28-47-40(31-14-4-3-5-15-31)26-39(46)32-16-10-12-29(24-32)27-45/h3-26,28,46H,1-2H3/b40-26-,46-39?,47-28+. The lowest BCUT2D eigenvalue weighted by Crippen LogP contribution is -2.14. The van der Waals surface area contributed by atoms with Crippen LogP contribution in [0.4, 0.5) is 0 Å². The van der Waals surface area contributed by atoms with E-state index in [0.717, 1.165) is 22.3 Å². The summed E-state index contributed by atoms with van der Waals surface area (Å²) in [4.78, 5) is 4.95. The molecule has 6 aromatic carbocycles. The molecule has 4 heteroatoms. The van der Waals surface area contributed by atoms with Crippen LogP contribution in [-0.4, -0.2) is 16.5 Å². The Morgan fingerprint density at radius 3 is 2.33 bits per heavy atom. The second-order valence-corrected chi connectivity index (χ2v) is 12.8. The van der Waals surface area contributed by atoms with Gasteiger partial charge in [-0.05, 0) is 58.7 Å². The molecule has 1 heterocycles. The molecule has 48 heavy (non-hydrogen) atoms. The van der Waals surface area contributed by atoms with Gasteiger partial charge in [-0.2, -0.15) is 5.26 Å². The van der Waals surface area contributed by atoms with Gasteiger partial charge in [-0.1, -0.05) is 123 Å². The van der Waals surface area contributed by atoms with E-state index in [1.54, 1.807) is 24.3 Å². The van der Waals surface area contributed by atoms with Crippen molar-refractivity contribution in [3.05, 3.63) is 179 Å². The van der Waals surface area contributed by atoms with Gasteiger partial charge in [0.05, 0.1) is 34.1 Å². The molecule has 1 aliphatic rings. The van der Waals surface area contributed by atoms with E-state index in [4.69, 9.17) is 10.4 Å². The second-order valence-electron chi connectivity index (χ2n) is 12.8. The summed E-state index contributed by atoms with van der Waals surface area (Å²) in [5.74, 6) is 0. The predicted octanol–water partition coefficient (Wildman–Crippen LogP) is 10.5. The first-order valence-electron chi connectivity index (χ1n) is 16.1. The maximum absolute atomic E-state index is 9.37. The zero-order valence-corrected chi connectivity index (χ0v) is 26.8. The summed E-state index contributed by atoms with van der Waals surface area (Å²) < 4.78 is 2.41. The van der Waals surface area contributed by atoms with Crippen molar-refractivity contribution in [3.8, 4) is 22.9 Å². The molecule has 0 saturated heterocycles. The minimum Gasteiger partial charge on any atom is -0.309 e. The van der Waals surface area contributed by atoms with Crippen LogP contribution in [-0.2, 0) is 5.41 Å². The third-order valence-corrected chi connectivity index (χ3v) is 9.51. The van der Waals surface area contributed by atoms with Crippen molar-refractivity contribution in [1.82, 2.24) is 4.57 Å². The molecule has 0 fully saturated rings. The fraction of sp³-hybridized carbons (Fsp3) is 0.0682. The lowest BCUT2D eigenvalue weighted by Gasteiger charge is -2.21. The molecule has 1 aliphatic carbocycles. The molecule has 0 radical (unpaired) electrons. The first kappa shape index (κ1) is 29.1. The van der Waals surface area contributed by atoms with Gasteiger partial charge in [-0.15, -0.1) is 0 Å². The quantitative estimate of drug-likeness (QED) is 0.186. The third-order valence-electron chi connectivity index (χ3n) is 9.51. The normalized spacial score (nSPS) is 13.5. The largest absolute Gasteiger partial charge is 0.309 e. The van der Waals surface area contributed by atoms with Gasteiger partial charge in [-0.25, -0.2) is 0 Å². The fourth-order valence-corrected chi connectivity index (χ4v) is 7.18. The summed E-state index contributed by atoms with van der Waals surface area (Å²) in [7, 11) is 0. The van der Waals surface area contributed by atoms with Crippen molar-refractivity contribution in [2.45, 2.75) is 19.3 Å². The summed E-state index contributed by atoms with van der Waals surface area (Å²) >= 11 is 0. The Labute approximate surface area is 280 Å². The van der Waals surface area contributed by atoms with Crippen LogP contribution in [0, 0.1) is 16.7 Å². The number of para-hydroxylation sites is 1. The zero-order chi connectivity index (χ0) is 32.8. The van der Waals surface area contributed by atoms with Crippen LogP contribution in [0.25, 0.3) is 44.3 Å². The van der Waals surface area contributed by atoms with Gasteiger partial charge in [0.1, 0.15) is 0 Å². The number of nitriles is 1. The first-order chi connectivity index (χ1) is 23.4. The number of rotatable bonds is 6. The minimum atomic E-state index is -0.0975. The number of fused-ring (bicyclic) bond motifs is 7. The Kier molecular flexibility index (Phi) is 6.97. The van der Waals surface area contributed by atoms with Gasteiger partial charge < -0.3 is 9.98 Å². The highest BCUT2D eigenvalue weighted by atomic mass is 15.0. The highest BCUT2D eigenvalue weighted by molar-refractivity contribution is 6.16. The number of allylic oxidation sites excluding steroid dienone is 1. The predicted molar refractivity (Wildman–Crippen MR) is 198 cm³/mol. The summed E-state index contributed by atoms with van der Waals surface area (Å²) in [6.07, 6.45) is 3.64. The molecule has 4 nitrogen and oxygen atoms in total. The van der Waals surface area contributed by atoms with Crippen molar-refractivity contribution >= 4 is 39.4 Å². The van der Waals surface area contributed by atoms with Gasteiger partial charge in [0, 0.05) is 44.8 Å². The molecule has 0 amide bonds. The van der Waals surface area contributed by atoms with Gasteiger partial charge in [0.15, 0.2) is 0 Å². The molecule has 0 atom stereocenters. The smallest absolute Gasteiger partial charge is 0.0991 e. The lowest BCUT2D eigenvalue weighted by molar-refractivity contribution is 0.661. The van der Waals surface area contributed by atoms with Crippen LogP contribution in [0.15, 0.2) is 151 Å². The summed E-state index contributed by atoms with van der Waals surface area (Å²) in [5, 5.41) is 20.7. The number of benzene rings is 6. The molecule has 228 valence electrons. The number of aliphatic imine (C=N–C) groups is 1. The van der Waals surface area contributed by atoms with Crippen LogP contribution >= 0.6 is 0 Å². The van der Waals surface area contributed by atoms with E-state index >= 15 is 0 Å². The number of hydrogen-bond donors (Lipinski definition) is 1. The average molecular weight is 617 g/mol. The van der Waals surface area contributed by atoms with Gasteiger partial charge in [0.25, 0.3) is 0 Å². The molecule has 0 spiro atoms. The van der Waals surface area contributed by atoms with E-state index in [2.05, 4.69) is 109 Å². The van der Waals surface area contributed by atoms with Crippen molar-refractivity contribution in [1.29, 1.82) is 10.7 Å². The van der Waals surface area contributed by atoms with Gasteiger partial charge in [-0.3, -0.25) is 4.99 Å². The monoisotopic (exact) mass is 616 g/mol. The van der Waals surface area contributed by atoms with Crippen molar-refractivity contribution in [2.24, 2.45) is 4.99 Å². The van der Waals surface area contributed by atoms with Crippen LogP contribution in [0.2, 0.25) is 0 Å².